The van der Waals surface area contributed by atoms with Crippen LogP contribution in [0.3, 0.4) is 0 Å². The summed E-state index contributed by atoms with van der Waals surface area (Å²) in [6.07, 6.45) is 3.27. The second-order valence-corrected chi connectivity index (χ2v) is 8.31. The molecule has 0 atom stereocenters. The highest BCUT2D eigenvalue weighted by Gasteiger charge is 2.18. The Morgan fingerprint density at radius 2 is 1.87 bits per heavy atom. The third-order valence-corrected chi connectivity index (χ3v) is 5.90. The lowest BCUT2D eigenvalue weighted by atomic mass is 10.2. The van der Waals surface area contributed by atoms with Crippen LogP contribution in [0.15, 0.2) is 29.3 Å². The number of anilines is 1. The van der Waals surface area contributed by atoms with E-state index in [-0.39, 0.29) is 12.5 Å². The Morgan fingerprint density at radius 1 is 1.10 bits per heavy atom. The maximum atomic E-state index is 12.2. The van der Waals surface area contributed by atoms with Gasteiger partial charge in [-0.25, -0.2) is 4.99 Å². The lowest BCUT2D eigenvalue weighted by Crippen LogP contribution is -2.47. The number of amides is 1. The Bertz CT molecular complexity index is 699. The van der Waals surface area contributed by atoms with Crippen LogP contribution in [0.25, 0.3) is 0 Å². The third kappa shape index (κ3) is 7.06. The average Bonchev–Trinajstić information content (AvgIpc) is 3.30. The lowest BCUT2D eigenvalue weighted by molar-refractivity contribution is -0.128. The van der Waals surface area contributed by atoms with Gasteiger partial charge in [-0.1, -0.05) is 17.7 Å². The van der Waals surface area contributed by atoms with Crippen LogP contribution in [0.1, 0.15) is 26.2 Å². The van der Waals surface area contributed by atoms with Crippen molar-refractivity contribution in [2.45, 2.75) is 26.2 Å². The Labute approximate surface area is 185 Å². The van der Waals surface area contributed by atoms with E-state index in [4.69, 9.17) is 11.6 Å². The molecule has 0 radical (unpaired) electrons. The molecule has 3 rings (SSSR count). The predicted molar refractivity (Wildman–Crippen MR) is 125 cm³/mol. The van der Waals surface area contributed by atoms with Crippen molar-refractivity contribution >= 4 is 29.2 Å². The minimum Gasteiger partial charge on any atom is -0.369 e. The van der Waals surface area contributed by atoms with Gasteiger partial charge >= 0.3 is 0 Å². The number of guanidine groups is 1. The maximum Gasteiger partial charge on any atom is 0.244 e. The molecule has 30 heavy (non-hydrogen) atoms. The number of carbonyl (C=O) groups is 1. The zero-order chi connectivity index (χ0) is 21.2. The summed E-state index contributed by atoms with van der Waals surface area (Å²) in [7, 11) is 0. The molecule has 2 heterocycles. The molecule has 0 unspecified atom stereocenters. The first-order chi connectivity index (χ1) is 14.7. The van der Waals surface area contributed by atoms with Crippen LogP contribution >= 0.6 is 11.6 Å². The van der Waals surface area contributed by atoms with Crippen LogP contribution in [0.2, 0.25) is 5.02 Å². The van der Waals surface area contributed by atoms with Crippen molar-refractivity contribution < 1.29 is 4.79 Å². The fourth-order valence-electron chi connectivity index (χ4n) is 3.97. The molecular formula is C22H35ClN6O. The molecule has 7 nitrogen and oxygen atoms in total. The Morgan fingerprint density at radius 3 is 2.57 bits per heavy atom. The van der Waals surface area contributed by atoms with Gasteiger partial charge in [0.25, 0.3) is 0 Å². The number of hydrogen-bond donors (Lipinski definition) is 2. The number of rotatable bonds is 8. The van der Waals surface area contributed by atoms with Gasteiger partial charge in [-0.3, -0.25) is 9.69 Å². The summed E-state index contributed by atoms with van der Waals surface area (Å²) in [5, 5.41) is 7.39. The van der Waals surface area contributed by atoms with Crippen LogP contribution in [0.4, 0.5) is 5.69 Å². The van der Waals surface area contributed by atoms with Gasteiger partial charge in [0.2, 0.25) is 5.91 Å². The van der Waals surface area contributed by atoms with E-state index in [0.717, 1.165) is 89.1 Å². The van der Waals surface area contributed by atoms with Crippen molar-refractivity contribution in [2.75, 3.05) is 70.3 Å². The van der Waals surface area contributed by atoms with Gasteiger partial charge in [-0.15, -0.1) is 0 Å². The average molecular weight is 435 g/mol. The van der Waals surface area contributed by atoms with Crippen LogP contribution in [0.5, 0.6) is 0 Å². The normalized spacial score (nSPS) is 18.0. The maximum absolute atomic E-state index is 12.2. The van der Waals surface area contributed by atoms with Crippen molar-refractivity contribution in [2.24, 2.45) is 4.99 Å². The molecule has 0 aromatic heterocycles. The highest BCUT2D eigenvalue weighted by Crippen LogP contribution is 2.20. The number of hydrogen-bond acceptors (Lipinski definition) is 4. The van der Waals surface area contributed by atoms with Crippen LogP contribution in [0, 0.1) is 0 Å². The van der Waals surface area contributed by atoms with Crippen LogP contribution in [-0.4, -0.2) is 87.1 Å². The molecule has 0 bridgehead atoms. The largest absolute Gasteiger partial charge is 0.369 e. The van der Waals surface area contributed by atoms with Gasteiger partial charge in [0, 0.05) is 63.1 Å². The van der Waals surface area contributed by atoms with E-state index in [9.17, 15) is 4.79 Å². The molecule has 2 fully saturated rings. The SMILES string of the molecule is CCNC(=NCC(=O)N1CCCC1)NCCCN1CCN(c2cccc(Cl)c2)CC1. The molecule has 1 amide bonds. The molecule has 2 saturated heterocycles. The summed E-state index contributed by atoms with van der Waals surface area (Å²) in [6.45, 7) is 10.9. The van der Waals surface area contributed by atoms with Crippen molar-refractivity contribution in [1.29, 1.82) is 0 Å². The van der Waals surface area contributed by atoms with Crippen molar-refractivity contribution in [3.8, 4) is 0 Å². The fraction of sp³-hybridized carbons (Fsp3) is 0.636. The van der Waals surface area contributed by atoms with Gasteiger partial charge in [0.1, 0.15) is 6.54 Å². The molecule has 0 aliphatic carbocycles. The Kier molecular flexibility index (Phi) is 9.08. The Balaban J connectivity index is 1.34. The molecule has 166 valence electrons. The van der Waals surface area contributed by atoms with Gasteiger partial charge in [0.15, 0.2) is 5.96 Å². The van der Waals surface area contributed by atoms with Crippen molar-refractivity contribution in [3.63, 3.8) is 0 Å². The Hall–Kier alpha value is -1.99. The van der Waals surface area contributed by atoms with Crippen molar-refractivity contribution in [1.82, 2.24) is 20.4 Å². The zero-order valence-electron chi connectivity index (χ0n) is 18.1. The van der Waals surface area contributed by atoms with Crippen LogP contribution < -0.4 is 15.5 Å². The molecule has 2 aliphatic heterocycles. The third-order valence-electron chi connectivity index (χ3n) is 5.66. The number of likely N-dealkylation sites (tertiary alicyclic amines) is 1. The predicted octanol–water partition coefficient (Wildman–Crippen LogP) is 2.03. The standard InChI is InChI=1S/C22H35ClN6O/c1-2-24-22(26-18-21(30)29-11-3-4-12-29)25-9-6-10-27-13-15-28(16-14-27)20-8-5-7-19(23)17-20/h5,7-8,17H,2-4,6,9-16,18H2,1H3,(H2,24,25,26). The minimum atomic E-state index is 0.127. The number of piperazine rings is 1. The number of nitrogens with one attached hydrogen (secondary N) is 2. The molecule has 1 aromatic carbocycles. The summed E-state index contributed by atoms with van der Waals surface area (Å²) in [4.78, 5) is 23.5. The molecule has 1 aromatic rings. The molecule has 0 saturated carbocycles. The van der Waals surface area contributed by atoms with E-state index in [1.807, 2.05) is 30.0 Å². The van der Waals surface area contributed by atoms with E-state index < -0.39 is 0 Å². The van der Waals surface area contributed by atoms with Crippen LogP contribution in [-0.2, 0) is 4.79 Å². The van der Waals surface area contributed by atoms with E-state index in [1.165, 1.54) is 5.69 Å². The zero-order valence-corrected chi connectivity index (χ0v) is 18.8. The summed E-state index contributed by atoms with van der Waals surface area (Å²) < 4.78 is 0. The summed E-state index contributed by atoms with van der Waals surface area (Å²) in [6, 6.07) is 8.10. The number of nitrogens with zero attached hydrogens (tertiary/aromatic N) is 4. The van der Waals surface area contributed by atoms with Gasteiger partial charge in [-0.2, -0.15) is 0 Å². The summed E-state index contributed by atoms with van der Waals surface area (Å²) >= 11 is 6.12. The number of carbonyl (C=O) groups excluding carboxylic acids is 1. The van der Waals surface area contributed by atoms with Crippen molar-refractivity contribution in [3.05, 3.63) is 29.3 Å². The number of benzene rings is 1. The first-order valence-corrected chi connectivity index (χ1v) is 11.6. The first kappa shape index (κ1) is 22.7. The highest BCUT2D eigenvalue weighted by atomic mass is 35.5. The molecule has 0 spiro atoms. The quantitative estimate of drug-likeness (QED) is 0.372. The first-order valence-electron chi connectivity index (χ1n) is 11.2. The lowest BCUT2D eigenvalue weighted by Gasteiger charge is -2.36. The van der Waals surface area contributed by atoms with Gasteiger partial charge in [0.05, 0.1) is 0 Å². The van der Waals surface area contributed by atoms with E-state index in [2.05, 4.69) is 31.5 Å². The van der Waals surface area contributed by atoms with E-state index in [1.54, 1.807) is 0 Å². The minimum absolute atomic E-state index is 0.127. The molecule has 2 aliphatic rings. The van der Waals surface area contributed by atoms with Gasteiger partial charge < -0.3 is 20.4 Å². The number of halogens is 1. The fourth-order valence-corrected chi connectivity index (χ4v) is 4.15. The monoisotopic (exact) mass is 434 g/mol. The summed E-state index contributed by atoms with van der Waals surface area (Å²) in [5.74, 6) is 0.859. The van der Waals surface area contributed by atoms with E-state index in [0.29, 0.717) is 0 Å². The molecule has 8 heteroatoms. The molecular weight excluding hydrogens is 400 g/mol. The smallest absolute Gasteiger partial charge is 0.244 e. The number of aliphatic imine (C=N–C) groups is 1. The topological polar surface area (TPSA) is 63.2 Å². The highest BCUT2D eigenvalue weighted by molar-refractivity contribution is 6.30. The van der Waals surface area contributed by atoms with E-state index >= 15 is 0 Å². The summed E-state index contributed by atoms with van der Waals surface area (Å²) in [5.41, 5.74) is 1.21. The second-order valence-electron chi connectivity index (χ2n) is 7.87. The van der Waals surface area contributed by atoms with Gasteiger partial charge in [-0.05, 0) is 50.9 Å². The molecule has 2 N–H and O–H groups in total. The second kappa shape index (κ2) is 12.0.